The molecule has 0 aliphatic carbocycles. The molecule has 1 aromatic carbocycles. The molecule has 1 aliphatic rings. The number of aromatic nitrogens is 1. The number of amides is 1. The summed E-state index contributed by atoms with van der Waals surface area (Å²) >= 11 is 3.40. The molecule has 0 bridgehead atoms. The van der Waals surface area contributed by atoms with Gasteiger partial charge in [-0.15, -0.1) is 0 Å². The summed E-state index contributed by atoms with van der Waals surface area (Å²) in [5.74, 6) is 0.542. The molecule has 2 N–H and O–H groups in total. The first kappa shape index (κ1) is 14.2. The lowest BCUT2D eigenvalue weighted by atomic mass is 9.95. The van der Waals surface area contributed by atoms with E-state index in [9.17, 15) is 4.79 Å². The van der Waals surface area contributed by atoms with Crippen molar-refractivity contribution in [1.29, 1.82) is 0 Å². The van der Waals surface area contributed by atoms with Crippen molar-refractivity contribution in [2.24, 2.45) is 0 Å². The lowest BCUT2D eigenvalue weighted by Crippen LogP contribution is -2.44. The molecule has 4 nitrogen and oxygen atoms in total. The fraction of sp³-hybridized carbons (Fsp3) is 0.250. The van der Waals surface area contributed by atoms with Gasteiger partial charge < -0.3 is 10.6 Å². The van der Waals surface area contributed by atoms with Crippen LogP contribution in [-0.4, -0.2) is 16.9 Å². The zero-order valence-corrected chi connectivity index (χ0v) is 13.3. The minimum absolute atomic E-state index is 0.0428. The minimum Gasteiger partial charge on any atom is -0.309 e. The van der Waals surface area contributed by atoms with Crippen molar-refractivity contribution in [3.05, 3.63) is 57.7 Å². The van der Waals surface area contributed by atoms with E-state index < -0.39 is 0 Å². The summed E-state index contributed by atoms with van der Waals surface area (Å²) in [6.45, 7) is 2.69. The topological polar surface area (TPSA) is 54.0 Å². The molecule has 0 fully saturated rings. The van der Waals surface area contributed by atoms with Crippen LogP contribution in [0.15, 0.2) is 41.0 Å². The van der Waals surface area contributed by atoms with Crippen LogP contribution in [0.3, 0.4) is 0 Å². The van der Waals surface area contributed by atoms with E-state index in [-0.39, 0.29) is 11.9 Å². The highest BCUT2D eigenvalue weighted by atomic mass is 79.9. The normalized spacial score (nSPS) is 17.1. The van der Waals surface area contributed by atoms with Crippen LogP contribution in [0, 0.1) is 6.92 Å². The number of hydrogen-bond acceptors (Lipinski definition) is 3. The summed E-state index contributed by atoms with van der Waals surface area (Å²) in [5.41, 5.74) is 3.54. The summed E-state index contributed by atoms with van der Waals surface area (Å²) in [7, 11) is 0. The summed E-state index contributed by atoms with van der Waals surface area (Å²) in [5, 5.41) is 6.15. The van der Waals surface area contributed by atoms with Gasteiger partial charge in [0.05, 0.1) is 6.04 Å². The van der Waals surface area contributed by atoms with E-state index in [4.69, 9.17) is 0 Å². The van der Waals surface area contributed by atoms with Gasteiger partial charge in [-0.1, -0.05) is 24.3 Å². The fourth-order valence-electron chi connectivity index (χ4n) is 2.46. The molecular weight excluding hydrogens is 330 g/mol. The van der Waals surface area contributed by atoms with E-state index in [0.29, 0.717) is 12.2 Å². The fourth-order valence-corrected chi connectivity index (χ4v) is 2.68. The molecule has 21 heavy (non-hydrogen) atoms. The number of carbonyl (C=O) groups is 1. The van der Waals surface area contributed by atoms with E-state index >= 15 is 0 Å². The van der Waals surface area contributed by atoms with Crippen LogP contribution in [-0.2, 0) is 17.8 Å². The zero-order valence-electron chi connectivity index (χ0n) is 11.7. The molecule has 1 atom stereocenters. The van der Waals surface area contributed by atoms with Crippen LogP contribution >= 0.6 is 15.9 Å². The molecule has 0 unspecified atom stereocenters. The maximum Gasteiger partial charge on any atom is 0.243 e. The Morgan fingerprint density at radius 1 is 1.38 bits per heavy atom. The summed E-state index contributed by atoms with van der Waals surface area (Å²) < 4.78 is 0.935. The number of halogens is 1. The first-order chi connectivity index (χ1) is 10.1. The maximum atomic E-state index is 12.3. The number of nitrogens with one attached hydrogen (secondary N) is 2. The molecule has 0 radical (unpaired) electrons. The summed E-state index contributed by atoms with van der Waals surface area (Å²) in [4.78, 5) is 16.6. The van der Waals surface area contributed by atoms with E-state index in [1.807, 2.05) is 25.1 Å². The van der Waals surface area contributed by atoms with Crippen molar-refractivity contribution in [2.75, 3.05) is 5.32 Å². The molecule has 1 amide bonds. The number of rotatable bonds is 2. The molecular formula is C16H16BrN3O. The highest BCUT2D eigenvalue weighted by Gasteiger charge is 2.24. The van der Waals surface area contributed by atoms with Gasteiger partial charge in [0.15, 0.2) is 0 Å². The molecule has 2 heterocycles. The van der Waals surface area contributed by atoms with Gasteiger partial charge in [-0.05, 0) is 52.0 Å². The number of carbonyl (C=O) groups excluding carboxylic acids is 1. The number of benzene rings is 1. The standard InChI is InChI=1S/C16H16BrN3O/c1-10-6-15(19-9-13(10)17)20-16(21)14-7-11-4-2-3-5-12(11)8-18-14/h2-6,9,14,18H,7-8H2,1H3,(H,19,20,21)/t14-/m1/s1. The van der Waals surface area contributed by atoms with Gasteiger partial charge in [0.2, 0.25) is 5.91 Å². The highest BCUT2D eigenvalue weighted by Crippen LogP contribution is 2.19. The zero-order chi connectivity index (χ0) is 14.8. The predicted octanol–water partition coefficient (Wildman–Crippen LogP) is 2.81. The summed E-state index contributed by atoms with van der Waals surface area (Å²) in [6, 6.07) is 9.85. The van der Waals surface area contributed by atoms with Gasteiger partial charge in [-0.25, -0.2) is 4.98 Å². The van der Waals surface area contributed by atoms with Gasteiger partial charge in [0.1, 0.15) is 5.82 Å². The minimum atomic E-state index is -0.217. The van der Waals surface area contributed by atoms with E-state index in [0.717, 1.165) is 16.6 Å². The molecule has 1 aromatic heterocycles. The Labute approximate surface area is 132 Å². The van der Waals surface area contributed by atoms with Crippen molar-refractivity contribution in [1.82, 2.24) is 10.3 Å². The highest BCUT2D eigenvalue weighted by molar-refractivity contribution is 9.10. The first-order valence-electron chi connectivity index (χ1n) is 6.86. The Kier molecular flexibility index (Phi) is 4.03. The van der Waals surface area contributed by atoms with E-state index in [2.05, 4.69) is 43.7 Å². The molecule has 1 aliphatic heterocycles. The van der Waals surface area contributed by atoms with Crippen LogP contribution in [0.25, 0.3) is 0 Å². The van der Waals surface area contributed by atoms with Gasteiger partial charge >= 0.3 is 0 Å². The van der Waals surface area contributed by atoms with Crippen molar-refractivity contribution in [3.8, 4) is 0 Å². The third-order valence-electron chi connectivity index (χ3n) is 3.70. The third-order valence-corrected chi connectivity index (χ3v) is 4.53. The molecule has 108 valence electrons. The molecule has 0 spiro atoms. The lowest BCUT2D eigenvalue weighted by Gasteiger charge is -2.25. The Balaban J connectivity index is 1.70. The van der Waals surface area contributed by atoms with Gasteiger partial charge in [-0.2, -0.15) is 0 Å². The van der Waals surface area contributed by atoms with Crippen molar-refractivity contribution in [2.45, 2.75) is 25.9 Å². The number of fused-ring (bicyclic) bond motifs is 1. The smallest absolute Gasteiger partial charge is 0.243 e. The second-order valence-corrected chi connectivity index (χ2v) is 6.07. The van der Waals surface area contributed by atoms with Crippen LogP contribution in [0.1, 0.15) is 16.7 Å². The van der Waals surface area contributed by atoms with Crippen molar-refractivity contribution < 1.29 is 4.79 Å². The number of anilines is 1. The van der Waals surface area contributed by atoms with Crippen molar-refractivity contribution in [3.63, 3.8) is 0 Å². The SMILES string of the molecule is Cc1cc(NC(=O)[C@H]2Cc3ccccc3CN2)ncc1Br. The molecule has 3 rings (SSSR count). The molecule has 2 aromatic rings. The Morgan fingerprint density at radius 2 is 2.14 bits per heavy atom. The van der Waals surface area contributed by atoms with E-state index in [1.165, 1.54) is 11.1 Å². The van der Waals surface area contributed by atoms with Crippen molar-refractivity contribution >= 4 is 27.7 Å². The number of pyridine rings is 1. The Morgan fingerprint density at radius 3 is 2.90 bits per heavy atom. The average Bonchev–Trinajstić information content (AvgIpc) is 2.50. The monoisotopic (exact) mass is 345 g/mol. The predicted molar refractivity (Wildman–Crippen MR) is 86.1 cm³/mol. The molecule has 0 saturated heterocycles. The van der Waals surface area contributed by atoms with Gasteiger partial charge in [-0.3, -0.25) is 4.79 Å². The lowest BCUT2D eigenvalue weighted by molar-refractivity contribution is -0.118. The average molecular weight is 346 g/mol. The van der Waals surface area contributed by atoms with Crippen LogP contribution in [0.2, 0.25) is 0 Å². The van der Waals surface area contributed by atoms with Crippen LogP contribution in [0.4, 0.5) is 5.82 Å². The number of hydrogen-bond donors (Lipinski definition) is 2. The first-order valence-corrected chi connectivity index (χ1v) is 7.66. The number of nitrogens with zero attached hydrogens (tertiary/aromatic N) is 1. The molecule has 0 saturated carbocycles. The van der Waals surface area contributed by atoms with Gasteiger partial charge in [0, 0.05) is 17.2 Å². The van der Waals surface area contributed by atoms with Crippen LogP contribution < -0.4 is 10.6 Å². The second kappa shape index (κ2) is 5.95. The van der Waals surface area contributed by atoms with E-state index in [1.54, 1.807) is 6.20 Å². The Bertz CT molecular complexity index is 687. The maximum absolute atomic E-state index is 12.3. The number of aryl methyl sites for hydroxylation is 1. The van der Waals surface area contributed by atoms with Crippen LogP contribution in [0.5, 0.6) is 0 Å². The largest absolute Gasteiger partial charge is 0.309 e. The molecule has 5 heteroatoms. The quantitative estimate of drug-likeness (QED) is 0.879. The van der Waals surface area contributed by atoms with Gasteiger partial charge in [0.25, 0.3) is 0 Å². The Hall–Kier alpha value is -1.72. The second-order valence-electron chi connectivity index (χ2n) is 5.21. The summed E-state index contributed by atoms with van der Waals surface area (Å²) in [6.07, 6.45) is 2.41. The third kappa shape index (κ3) is 3.14.